The van der Waals surface area contributed by atoms with Crippen LogP contribution in [0.15, 0.2) is 30.9 Å². The van der Waals surface area contributed by atoms with E-state index in [4.69, 9.17) is 5.73 Å². The molecule has 2 aromatic heterocycles. The topological polar surface area (TPSA) is 56.7 Å². The van der Waals surface area contributed by atoms with Crippen molar-refractivity contribution in [2.75, 3.05) is 6.54 Å². The molecule has 0 radical (unpaired) electrons. The van der Waals surface area contributed by atoms with Crippen LogP contribution < -0.4 is 5.73 Å². The SMILES string of the molecule is NCCc1cncc(-n2cc(C(F)(F)F)cn2)c1. The van der Waals surface area contributed by atoms with Crippen LogP contribution in [0.5, 0.6) is 0 Å². The van der Waals surface area contributed by atoms with Gasteiger partial charge in [0.1, 0.15) is 0 Å². The van der Waals surface area contributed by atoms with Gasteiger partial charge in [0.15, 0.2) is 0 Å². The largest absolute Gasteiger partial charge is 0.419 e. The summed E-state index contributed by atoms with van der Waals surface area (Å²) in [5.41, 5.74) is 5.97. The number of halogens is 3. The molecule has 0 fully saturated rings. The van der Waals surface area contributed by atoms with E-state index in [1.165, 1.54) is 6.20 Å². The minimum absolute atomic E-state index is 0.456. The van der Waals surface area contributed by atoms with Gasteiger partial charge < -0.3 is 5.73 Å². The Labute approximate surface area is 101 Å². The van der Waals surface area contributed by atoms with Crippen LogP contribution in [0.25, 0.3) is 5.69 Å². The lowest BCUT2D eigenvalue weighted by Crippen LogP contribution is -2.05. The van der Waals surface area contributed by atoms with Gasteiger partial charge in [-0.15, -0.1) is 0 Å². The number of nitrogens with two attached hydrogens (primary N) is 1. The van der Waals surface area contributed by atoms with Gasteiger partial charge in [0.2, 0.25) is 0 Å². The summed E-state index contributed by atoms with van der Waals surface area (Å²) >= 11 is 0. The maximum absolute atomic E-state index is 12.4. The standard InChI is InChI=1S/C11H11F3N4/c12-11(13,14)9-5-17-18(7-9)10-3-8(1-2-15)4-16-6-10/h3-7H,1-2,15H2. The molecule has 0 aliphatic rings. The number of aromatic nitrogens is 3. The molecule has 0 aliphatic heterocycles. The molecule has 2 rings (SSSR count). The molecule has 2 aromatic rings. The smallest absolute Gasteiger partial charge is 0.330 e. The molecular weight excluding hydrogens is 245 g/mol. The van der Waals surface area contributed by atoms with Gasteiger partial charge in [-0.3, -0.25) is 4.98 Å². The molecule has 4 nitrogen and oxygen atoms in total. The van der Waals surface area contributed by atoms with Gasteiger partial charge >= 0.3 is 6.18 Å². The molecule has 0 unspecified atom stereocenters. The van der Waals surface area contributed by atoms with Gasteiger partial charge in [-0.25, -0.2) is 4.68 Å². The molecule has 2 N–H and O–H groups in total. The summed E-state index contributed by atoms with van der Waals surface area (Å²) in [5.74, 6) is 0. The molecule has 0 amide bonds. The Balaban J connectivity index is 2.31. The second-order valence-electron chi connectivity index (χ2n) is 3.76. The Hall–Kier alpha value is -1.89. The molecule has 0 aromatic carbocycles. The van der Waals surface area contributed by atoms with Crippen molar-refractivity contribution < 1.29 is 13.2 Å². The van der Waals surface area contributed by atoms with Crippen molar-refractivity contribution in [1.29, 1.82) is 0 Å². The molecule has 7 heteroatoms. The Morgan fingerprint density at radius 3 is 2.61 bits per heavy atom. The van der Waals surface area contributed by atoms with Crippen LogP contribution in [0.3, 0.4) is 0 Å². The van der Waals surface area contributed by atoms with E-state index < -0.39 is 11.7 Å². The molecule has 0 spiro atoms. The minimum Gasteiger partial charge on any atom is -0.330 e. The molecule has 0 saturated carbocycles. The number of alkyl halides is 3. The predicted molar refractivity (Wildman–Crippen MR) is 59.1 cm³/mol. The lowest BCUT2D eigenvalue weighted by atomic mass is 10.2. The van der Waals surface area contributed by atoms with E-state index >= 15 is 0 Å². The van der Waals surface area contributed by atoms with Gasteiger partial charge in [0.05, 0.1) is 23.6 Å². The van der Waals surface area contributed by atoms with Crippen LogP contribution in [-0.2, 0) is 12.6 Å². The molecule has 0 atom stereocenters. The van der Waals surface area contributed by atoms with Crippen molar-refractivity contribution in [3.05, 3.63) is 42.0 Å². The van der Waals surface area contributed by atoms with Crippen LogP contribution in [0.1, 0.15) is 11.1 Å². The molecule has 96 valence electrons. The van der Waals surface area contributed by atoms with E-state index in [1.807, 2.05) is 0 Å². The first-order valence-corrected chi connectivity index (χ1v) is 5.27. The molecule has 0 bridgehead atoms. The second-order valence-corrected chi connectivity index (χ2v) is 3.76. The van der Waals surface area contributed by atoms with Crippen LogP contribution in [0.2, 0.25) is 0 Å². The lowest BCUT2D eigenvalue weighted by Gasteiger charge is -2.04. The molecular formula is C11H11F3N4. The molecule has 0 aliphatic carbocycles. The zero-order valence-electron chi connectivity index (χ0n) is 9.35. The maximum atomic E-state index is 12.4. The summed E-state index contributed by atoms with van der Waals surface area (Å²) in [5, 5.41) is 3.68. The Kier molecular flexibility index (Phi) is 3.33. The first-order valence-electron chi connectivity index (χ1n) is 5.27. The van der Waals surface area contributed by atoms with E-state index in [0.717, 1.165) is 22.6 Å². The highest BCUT2D eigenvalue weighted by Gasteiger charge is 2.32. The van der Waals surface area contributed by atoms with E-state index in [0.29, 0.717) is 18.7 Å². The van der Waals surface area contributed by atoms with Gasteiger partial charge in [-0.1, -0.05) is 0 Å². The predicted octanol–water partition coefficient (Wildman–Crippen LogP) is 1.79. The van der Waals surface area contributed by atoms with E-state index in [2.05, 4.69) is 10.1 Å². The number of pyridine rings is 1. The first kappa shape index (κ1) is 12.6. The van der Waals surface area contributed by atoms with Crippen molar-refractivity contribution in [2.24, 2.45) is 5.73 Å². The van der Waals surface area contributed by atoms with Crippen molar-refractivity contribution in [2.45, 2.75) is 12.6 Å². The third kappa shape index (κ3) is 2.67. The number of nitrogens with zero attached hydrogens (tertiary/aromatic N) is 3. The van der Waals surface area contributed by atoms with Gasteiger partial charge in [0.25, 0.3) is 0 Å². The highest BCUT2D eigenvalue weighted by molar-refractivity contribution is 5.32. The highest BCUT2D eigenvalue weighted by Crippen LogP contribution is 2.29. The average Bonchev–Trinajstić information content (AvgIpc) is 2.78. The summed E-state index contributed by atoms with van der Waals surface area (Å²) in [7, 11) is 0. The summed E-state index contributed by atoms with van der Waals surface area (Å²) in [4.78, 5) is 3.95. The molecule has 18 heavy (non-hydrogen) atoms. The minimum atomic E-state index is -4.39. The van der Waals surface area contributed by atoms with Crippen molar-refractivity contribution >= 4 is 0 Å². The van der Waals surface area contributed by atoms with E-state index in [1.54, 1.807) is 12.3 Å². The molecule has 0 saturated heterocycles. The van der Waals surface area contributed by atoms with Gasteiger partial charge in [0, 0.05) is 12.4 Å². The van der Waals surface area contributed by atoms with Crippen LogP contribution in [-0.4, -0.2) is 21.3 Å². The Bertz CT molecular complexity index is 533. The zero-order valence-corrected chi connectivity index (χ0v) is 9.35. The highest BCUT2D eigenvalue weighted by atomic mass is 19.4. The van der Waals surface area contributed by atoms with Crippen molar-refractivity contribution in [1.82, 2.24) is 14.8 Å². The van der Waals surface area contributed by atoms with Crippen LogP contribution in [0, 0.1) is 0 Å². The summed E-state index contributed by atoms with van der Waals surface area (Å²) in [6, 6.07) is 1.72. The molecule has 2 heterocycles. The quantitative estimate of drug-likeness (QED) is 0.910. The third-order valence-corrected chi connectivity index (χ3v) is 2.39. The summed E-state index contributed by atoms with van der Waals surface area (Å²) in [6.07, 6.45) is 1.03. The second kappa shape index (κ2) is 4.77. The summed E-state index contributed by atoms with van der Waals surface area (Å²) < 4.78 is 38.4. The van der Waals surface area contributed by atoms with Crippen LogP contribution >= 0.6 is 0 Å². The fraction of sp³-hybridized carbons (Fsp3) is 0.273. The fourth-order valence-corrected chi connectivity index (χ4v) is 1.51. The average molecular weight is 256 g/mol. The number of hydrogen-bond donors (Lipinski definition) is 1. The number of rotatable bonds is 3. The fourth-order valence-electron chi connectivity index (χ4n) is 1.51. The van der Waals surface area contributed by atoms with Gasteiger partial charge in [-0.2, -0.15) is 18.3 Å². The van der Waals surface area contributed by atoms with Crippen LogP contribution in [0.4, 0.5) is 13.2 Å². The monoisotopic (exact) mass is 256 g/mol. The maximum Gasteiger partial charge on any atom is 0.419 e. The summed E-state index contributed by atoms with van der Waals surface area (Å²) in [6.45, 7) is 0.456. The lowest BCUT2D eigenvalue weighted by molar-refractivity contribution is -0.137. The van der Waals surface area contributed by atoms with Crippen molar-refractivity contribution in [3.63, 3.8) is 0 Å². The first-order chi connectivity index (χ1) is 8.50. The third-order valence-electron chi connectivity index (χ3n) is 2.39. The van der Waals surface area contributed by atoms with E-state index in [9.17, 15) is 13.2 Å². The van der Waals surface area contributed by atoms with Crippen molar-refractivity contribution in [3.8, 4) is 5.69 Å². The number of hydrogen-bond acceptors (Lipinski definition) is 3. The Morgan fingerprint density at radius 2 is 2.00 bits per heavy atom. The zero-order chi connectivity index (χ0) is 13.2. The van der Waals surface area contributed by atoms with E-state index in [-0.39, 0.29) is 0 Å². The normalized spacial score (nSPS) is 11.8. The van der Waals surface area contributed by atoms with Gasteiger partial charge in [-0.05, 0) is 24.6 Å². The Morgan fingerprint density at radius 1 is 1.22 bits per heavy atom.